The molecule has 29 heavy (non-hydrogen) atoms. The molecule has 0 N–H and O–H groups in total. The Morgan fingerprint density at radius 1 is 0.828 bits per heavy atom. The molecular formula is C18H24O11. The molecule has 1 aliphatic heterocycles. The molecular weight excluding hydrogens is 392 g/mol. The lowest BCUT2D eigenvalue weighted by Gasteiger charge is -2.43. The predicted molar refractivity (Wildman–Crippen MR) is 92.9 cm³/mol. The third-order valence-corrected chi connectivity index (χ3v) is 3.37. The molecule has 0 aromatic heterocycles. The largest absolute Gasteiger partial charge is 0.463 e. The van der Waals surface area contributed by atoms with E-state index in [-0.39, 0.29) is 5.57 Å². The van der Waals surface area contributed by atoms with Crippen molar-refractivity contribution in [2.75, 3.05) is 6.61 Å². The van der Waals surface area contributed by atoms with Gasteiger partial charge >= 0.3 is 29.8 Å². The topological polar surface area (TPSA) is 141 Å². The highest BCUT2D eigenvalue weighted by Crippen LogP contribution is 2.30. The molecule has 0 aromatic rings. The van der Waals surface area contributed by atoms with Crippen molar-refractivity contribution in [1.29, 1.82) is 0 Å². The third-order valence-electron chi connectivity index (χ3n) is 3.37. The van der Waals surface area contributed by atoms with E-state index in [9.17, 15) is 24.0 Å². The van der Waals surface area contributed by atoms with Crippen molar-refractivity contribution in [2.24, 2.45) is 0 Å². The van der Waals surface area contributed by atoms with Crippen LogP contribution in [0.5, 0.6) is 0 Å². The molecule has 1 aliphatic rings. The van der Waals surface area contributed by atoms with Gasteiger partial charge in [-0.2, -0.15) is 0 Å². The SMILES string of the molecule is [2H]CC(=O)OC[C@H]1OC(OC(=O)C(=C)C)[C@H](OC(=O)C[2H])[C@@H](OC(=O)C[2H])[C@@H]1OC(=O)C[2H]. The number of ether oxygens (including phenoxy) is 6. The van der Waals surface area contributed by atoms with Crippen molar-refractivity contribution in [3.63, 3.8) is 0 Å². The molecule has 5 atom stereocenters. The van der Waals surface area contributed by atoms with Crippen LogP contribution in [0, 0.1) is 0 Å². The quantitative estimate of drug-likeness (QED) is 0.316. The number of esters is 5. The molecule has 1 heterocycles. The molecule has 162 valence electrons. The maximum Gasteiger partial charge on any atom is 0.335 e. The first-order valence-corrected chi connectivity index (χ1v) is 8.00. The van der Waals surface area contributed by atoms with Gasteiger partial charge in [0, 0.05) is 38.7 Å². The maximum absolute atomic E-state index is 12.1. The second-order valence-corrected chi connectivity index (χ2v) is 5.78. The molecule has 1 rings (SSSR count). The zero-order valence-electron chi connectivity index (χ0n) is 19.6. The summed E-state index contributed by atoms with van der Waals surface area (Å²) in [6.07, 6.45) is -8.38. The summed E-state index contributed by atoms with van der Waals surface area (Å²) in [5.74, 6) is -5.39. The van der Waals surface area contributed by atoms with Crippen LogP contribution in [0.3, 0.4) is 0 Å². The van der Waals surface area contributed by atoms with E-state index in [1.54, 1.807) is 0 Å². The minimum absolute atomic E-state index is 0.0798. The third kappa shape index (κ3) is 7.53. The van der Waals surface area contributed by atoms with Gasteiger partial charge in [-0.15, -0.1) is 0 Å². The van der Waals surface area contributed by atoms with Crippen LogP contribution in [0.25, 0.3) is 0 Å². The number of rotatable bonds is 7. The summed E-state index contributed by atoms with van der Waals surface area (Å²) in [5, 5.41) is 0. The van der Waals surface area contributed by atoms with Gasteiger partial charge in [-0.1, -0.05) is 6.58 Å². The van der Waals surface area contributed by atoms with Crippen LogP contribution in [-0.4, -0.2) is 67.2 Å². The van der Waals surface area contributed by atoms with Crippen LogP contribution in [0.1, 0.15) is 40.0 Å². The highest BCUT2D eigenvalue weighted by atomic mass is 16.7. The Kier molecular flexibility index (Phi) is 6.59. The van der Waals surface area contributed by atoms with Crippen molar-refractivity contribution >= 4 is 29.8 Å². The Hall–Kier alpha value is -2.95. The van der Waals surface area contributed by atoms with E-state index in [0.717, 1.165) is 0 Å². The molecule has 0 radical (unpaired) electrons. The van der Waals surface area contributed by atoms with Crippen LogP contribution in [0.15, 0.2) is 12.2 Å². The first kappa shape index (κ1) is 18.1. The normalized spacial score (nSPS) is 27.7. The lowest BCUT2D eigenvalue weighted by molar-refractivity contribution is -0.299. The first-order valence-electron chi connectivity index (χ1n) is 10.8. The number of carbonyl (C=O) groups is 5. The lowest BCUT2D eigenvalue weighted by Crippen LogP contribution is -2.63. The molecule has 0 aliphatic carbocycles. The van der Waals surface area contributed by atoms with E-state index in [1.165, 1.54) is 6.92 Å². The Balaban J connectivity index is 3.45. The van der Waals surface area contributed by atoms with Gasteiger partial charge in [-0.3, -0.25) is 19.2 Å². The molecule has 0 spiro atoms. The van der Waals surface area contributed by atoms with Crippen molar-refractivity contribution in [2.45, 2.75) is 65.2 Å². The smallest absolute Gasteiger partial charge is 0.335 e. The lowest BCUT2D eigenvalue weighted by atomic mass is 9.98. The Bertz CT molecular complexity index is 760. The Labute approximate surface area is 172 Å². The van der Waals surface area contributed by atoms with Gasteiger partial charge in [0.25, 0.3) is 0 Å². The zero-order valence-corrected chi connectivity index (χ0v) is 15.6. The summed E-state index contributed by atoms with van der Waals surface area (Å²) >= 11 is 0. The standard InChI is InChI=1S/C18H24O11/c1-8(2)17(23)29-18-16(27-12(6)22)15(26-11(5)21)14(25-10(4)20)13(28-18)7-24-9(3)19/h13-16,18H,1,7H2,2-6H3/t13-,14-,15+,16-,18?/m1/s1/i3D,4D,5D,6D. The second-order valence-electron chi connectivity index (χ2n) is 5.78. The second kappa shape index (κ2) is 10.6. The minimum atomic E-state index is -1.79. The number of hydrogen-bond acceptors (Lipinski definition) is 11. The van der Waals surface area contributed by atoms with Gasteiger partial charge in [0.2, 0.25) is 12.4 Å². The summed E-state index contributed by atoms with van der Waals surface area (Å²) in [7, 11) is 0. The van der Waals surface area contributed by atoms with Crippen molar-refractivity contribution < 1.29 is 57.9 Å². The fourth-order valence-corrected chi connectivity index (χ4v) is 2.35. The van der Waals surface area contributed by atoms with Crippen LogP contribution in [0.4, 0.5) is 0 Å². The highest BCUT2D eigenvalue weighted by molar-refractivity contribution is 5.87. The van der Waals surface area contributed by atoms with Crippen LogP contribution in [0.2, 0.25) is 0 Å². The van der Waals surface area contributed by atoms with Gasteiger partial charge in [0.1, 0.15) is 12.7 Å². The van der Waals surface area contributed by atoms with Gasteiger partial charge in [-0.25, -0.2) is 4.79 Å². The molecule has 11 heteroatoms. The van der Waals surface area contributed by atoms with E-state index in [1.807, 2.05) is 0 Å². The summed E-state index contributed by atoms with van der Waals surface area (Å²) < 4.78 is 59.2. The first-order chi connectivity index (χ1) is 15.6. The molecule has 11 nitrogen and oxygen atoms in total. The Morgan fingerprint density at radius 3 is 1.86 bits per heavy atom. The minimum Gasteiger partial charge on any atom is -0.463 e. The van der Waals surface area contributed by atoms with Crippen LogP contribution < -0.4 is 0 Å². The van der Waals surface area contributed by atoms with Crippen molar-refractivity contribution in [3.8, 4) is 0 Å². The van der Waals surface area contributed by atoms with Crippen molar-refractivity contribution in [3.05, 3.63) is 12.2 Å². The fraction of sp³-hybridized carbons (Fsp3) is 0.611. The molecule has 1 fully saturated rings. The molecule has 1 unspecified atom stereocenters. The average Bonchev–Trinajstić information content (AvgIpc) is 2.80. The monoisotopic (exact) mass is 420 g/mol. The van der Waals surface area contributed by atoms with E-state index < -0.39 is 94.8 Å². The molecule has 1 saturated heterocycles. The summed E-state index contributed by atoms with van der Waals surface area (Å²) in [5.41, 5.74) is -0.0798. The molecule has 0 saturated carbocycles. The van der Waals surface area contributed by atoms with Crippen LogP contribution >= 0.6 is 0 Å². The van der Waals surface area contributed by atoms with Gasteiger partial charge in [-0.05, 0) is 6.92 Å². The molecule has 0 amide bonds. The molecule has 0 bridgehead atoms. The Morgan fingerprint density at radius 2 is 1.34 bits per heavy atom. The summed E-state index contributed by atoms with van der Waals surface area (Å²) in [4.78, 5) is 59.1. The van der Waals surface area contributed by atoms with Crippen LogP contribution in [-0.2, 0) is 52.4 Å². The number of carbonyl (C=O) groups excluding carboxylic acids is 5. The van der Waals surface area contributed by atoms with Gasteiger partial charge < -0.3 is 28.4 Å². The van der Waals surface area contributed by atoms with E-state index >= 15 is 0 Å². The average molecular weight is 420 g/mol. The highest BCUT2D eigenvalue weighted by Gasteiger charge is 2.53. The summed E-state index contributed by atoms with van der Waals surface area (Å²) in [6, 6.07) is 0. The van der Waals surface area contributed by atoms with E-state index in [0.29, 0.717) is 0 Å². The van der Waals surface area contributed by atoms with E-state index in [2.05, 4.69) is 6.58 Å². The van der Waals surface area contributed by atoms with Gasteiger partial charge in [0.05, 0.1) is 0 Å². The van der Waals surface area contributed by atoms with Gasteiger partial charge in [0.15, 0.2) is 12.2 Å². The maximum atomic E-state index is 12.1. The number of hydrogen-bond donors (Lipinski definition) is 0. The predicted octanol–water partition coefficient (Wildman–Crippen LogP) is 0.189. The summed E-state index contributed by atoms with van der Waals surface area (Å²) in [6.45, 7) is 0.668. The molecule has 0 aromatic carbocycles. The van der Waals surface area contributed by atoms with E-state index in [4.69, 9.17) is 33.9 Å². The van der Waals surface area contributed by atoms with Crippen molar-refractivity contribution in [1.82, 2.24) is 0 Å². The fourth-order valence-electron chi connectivity index (χ4n) is 2.35. The zero-order chi connectivity index (χ0) is 25.1.